The minimum absolute atomic E-state index is 0.0692. The molecule has 3 rings (SSSR count). The van der Waals surface area contributed by atoms with Gasteiger partial charge in [-0.2, -0.15) is 5.10 Å². The average Bonchev–Trinajstić information content (AvgIpc) is 2.95. The lowest BCUT2D eigenvalue weighted by Crippen LogP contribution is -1.95. The Balaban J connectivity index is 1.65. The highest BCUT2D eigenvalue weighted by Gasteiger charge is 2.12. The van der Waals surface area contributed by atoms with Crippen LogP contribution in [0.3, 0.4) is 0 Å². The van der Waals surface area contributed by atoms with Gasteiger partial charge in [-0.3, -0.25) is 15.5 Å². The van der Waals surface area contributed by atoms with E-state index >= 15 is 0 Å². The summed E-state index contributed by atoms with van der Waals surface area (Å²) in [6.45, 7) is 0.223. The van der Waals surface area contributed by atoms with E-state index in [-0.39, 0.29) is 12.5 Å². The lowest BCUT2D eigenvalue weighted by molar-refractivity contribution is -0.385. The number of ether oxygens (including phenoxy) is 2. The molecule has 1 aliphatic rings. The van der Waals surface area contributed by atoms with Crippen LogP contribution < -0.4 is 14.9 Å². The number of nitrogens with zero attached hydrogens (tertiary/aromatic N) is 3. The molecule has 1 aromatic carbocycles. The van der Waals surface area contributed by atoms with Gasteiger partial charge in [0.25, 0.3) is 5.69 Å². The molecule has 0 atom stereocenters. The molecule has 0 saturated heterocycles. The first kappa shape index (κ1) is 12.9. The second kappa shape index (κ2) is 5.45. The van der Waals surface area contributed by atoms with Crippen LogP contribution in [0.4, 0.5) is 11.5 Å². The molecule has 0 aliphatic carbocycles. The summed E-state index contributed by atoms with van der Waals surface area (Å²) in [5.74, 6) is 1.79. The van der Waals surface area contributed by atoms with Gasteiger partial charge in [-0.15, -0.1) is 0 Å². The monoisotopic (exact) mass is 286 g/mol. The second-order valence-electron chi connectivity index (χ2n) is 4.14. The van der Waals surface area contributed by atoms with Crippen LogP contribution in [0.2, 0.25) is 0 Å². The lowest BCUT2D eigenvalue weighted by atomic mass is 10.2. The van der Waals surface area contributed by atoms with Crippen molar-refractivity contribution in [1.29, 1.82) is 0 Å². The van der Waals surface area contributed by atoms with Crippen LogP contribution in [0, 0.1) is 10.1 Å². The number of hydrogen-bond acceptors (Lipinski definition) is 7. The molecule has 21 heavy (non-hydrogen) atoms. The molecule has 0 radical (unpaired) electrons. The van der Waals surface area contributed by atoms with Crippen LogP contribution in [-0.4, -0.2) is 22.9 Å². The van der Waals surface area contributed by atoms with E-state index in [0.29, 0.717) is 17.3 Å². The van der Waals surface area contributed by atoms with Crippen LogP contribution in [0.5, 0.6) is 11.5 Å². The highest BCUT2D eigenvalue weighted by Crippen LogP contribution is 2.31. The van der Waals surface area contributed by atoms with Crippen LogP contribution in [0.25, 0.3) is 0 Å². The van der Waals surface area contributed by atoms with Gasteiger partial charge < -0.3 is 9.47 Å². The number of anilines is 1. The van der Waals surface area contributed by atoms with Gasteiger partial charge in [-0.1, -0.05) is 0 Å². The molecular formula is C13H10N4O4. The van der Waals surface area contributed by atoms with Crippen molar-refractivity contribution in [3.63, 3.8) is 0 Å². The van der Waals surface area contributed by atoms with Crippen molar-refractivity contribution in [2.24, 2.45) is 5.10 Å². The molecular weight excluding hydrogens is 276 g/mol. The number of nitrogens with one attached hydrogen (secondary N) is 1. The molecule has 2 aromatic rings. The predicted octanol–water partition coefficient (Wildman–Crippen LogP) is 2.16. The minimum Gasteiger partial charge on any atom is -0.454 e. The van der Waals surface area contributed by atoms with Crippen molar-refractivity contribution in [3.8, 4) is 11.5 Å². The van der Waals surface area contributed by atoms with Crippen molar-refractivity contribution in [2.45, 2.75) is 0 Å². The van der Waals surface area contributed by atoms with Crippen molar-refractivity contribution in [1.82, 2.24) is 4.98 Å². The van der Waals surface area contributed by atoms with Crippen LogP contribution in [-0.2, 0) is 0 Å². The summed E-state index contributed by atoms with van der Waals surface area (Å²) in [6.07, 6.45) is 2.75. The standard InChI is InChI=1S/C13H10N4O4/c18-17(19)10-2-4-13(14-7-10)16-15-6-9-1-3-11-12(5-9)21-8-20-11/h1-7H,8H2,(H,14,16)/b15-6+. The fourth-order valence-electron chi connectivity index (χ4n) is 1.73. The molecule has 106 valence electrons. The van der Waals surface area contributed by atoms with Crippen molar-refractivity contribution < 1.29 is 14.4 Å². The largest absolute Gasteiger partial charge is 0.454 e. The normalized spacial score (nSPS) is 12.6. The van der Waals surface area contributed by atoms with Crippen molar-refractivity contribution >= 4 is 17.7 Å². The predicted molar refractivity (Wildman–Crippen MR) is 74.7 cm³/mol. The molecule has 0 amide bonds. The number of aromatic nitrogens is 1. The SMILES string of the molecule is O=[N+]([O-])c1ccc(N/N=C/c2ccc3c(c2)OCO3)nc1. The van der Waals surface area contributed by atoms with Gasteiger partial charge in [0.2, 0.25) is 6.79 Å². The zero-order chi connectivity index (χ0) is 14.7. The lowest BCUT2D eigenvalue weighted by Gasteiger charge is -1.99. The van der Waals surface area contributed by atoms with E-state index in [4.69, 9.17) is 9.47 Å². The Labute approximate surface area is 119 Å². The van der Waals surface area contributed by atoms with Gasteiger partial charge in [0.1, 0.15) is 12.0 Å². The molecule has 0 fully saturated rings. The smallest absolute Gasteiger partial charge is 0.287 e. The fourth-order valence-corrected chi connectivity index (χ4v) is 1.73. The molecule has 8 heteroatoms. The summed E-state index contributed by atoms with van der Waals surface area (Å²) in [5, 5.41) is 14.5. The van der Waals surface area contributed by atoms with E-state index in [1.807, 2.05) is 6.07 Å². The first-order chi connectivity index (χ1) is 10.2. The maximum atomic E-state index is 10.5. The van der Waals surface area contributed by atoms with Crippen LogP contribution in [0.15, 0.2) is 41.6 Å². The van der Waals surface area contributed by atoms with Gasteiger partial charge in [0.05, 0.1) is 11.1 Å². The van der Waals surface area contributed by atoms with Crippen LogP contribution >= 0.6 is 0 Å². The van der Waals surface area contributed by atoms with E-state index in [9.17, 15) is 10.1 Å². The van der Waals surface area contributed by atoms with Crippen molar-refractivity contribution in [2.75, 3.05) is 12.2 Å². The number of fused-ring (bicyclic) bond motifs is 1. The van der Waals surface area contributed by atoms with E-state index < -0.39 is 4.92 Å². The Bertz CT molecular complexity index is 700. The van der Waals surface area contributed by atoms with Crippen LogP contribution in [0.1, 0.15) is 5.56 Å². The summed E-state index contributed by atoms with van der Waals surface area (Å²) in [5.41, 5.74) is 3.45. The Morgan fingerprint density at radius 3 is 2.90 bits per heavy atom. The summed E-state index contributed by atoms with van der Waals surface area (Å²) < 4.78 is 10.5. The van der Waals surface area contributed by atoms with E-state index in [1.165, 1.54) is 18.3 Å². The number of nitro groups is 1. The average molecular weight is 286 g/mol. The summed E-state index contributed by atoms with van der Waals surface area (Å²) in [6, 6.07) is 8.27. The van der Waals surface area contributed by atoms with Gasteiger partial charge in [0.15, 0.2) is 11.5 Å². The number of benzene rings is 1. The molecule has 0 spiro atoms. The van der Waals surface area contributed by atoms with Gasteiger partial charge >= 0.3 is 0 Å². The number of hydrogen-bond donors (Lipinski definition) is 1. The third kappa shape index (κ3) is 2.89. The Kier molecular flexibility index (Phi) is 3.34. The van der Waals surface area contributed by atoms with E-state index in [1.54, 1.807) is 18.3 Å². The molecule has 1 aromatic heterocycles. The number of hydrazone groups is 1. The van der Waals surface area contributed by atoms with E-state index in [0.717, 1.165) is 5.56 Å². The Morgan fingerprint density at radius 1 is 1.29 bits per heavy atom. The first-order valence-corrected chi connectivity index (χ1v) is 6.01. The maximum absolute atomic E-state index is 10.5. The first-order valence-electron chi connectivity index (χ1n) is 6.01. The van der Waals surface area contributed by atoms with Gasteiger partial charge in [-0.25, -0.2) is 4.98 Å². The molecule has 0 bridgehead atoms. The summed E-state index contributed by atoms with van der Waals surface area (Å²) in [4.78, 5) is 13.9. The van der Waals surface area contributed by atoms with Crippen molar-refractivity contribution in [3.05, 3.63) is 52.2 Å². The Morgan fingerprint density at radius 2 is 2.14 bits per heavy atom. The maximum Gasteiger partial charge on any atom is 0.287 e. The number of rotatable bonds is 4. The van der Waals surface area contributed by atoms with Gasteiger partial charge in [0, 0.05) is 6.07 Å². The Hall–Kier alpha value is -3.16. The molecule has 1 aliphatic heterocycles. The zero-order valence-electron chi connectivity index (χ0n) is 10.7. The highest BCUT2D eigenvalue weighted by molar-refractivity contribution is 5.81. The second-order valence-corrected chi connectivity index (χ2v) is 4.14. The molecule has 0 unspecified atom stereocenters. The minimum atomic E-state index is -0.507. The van der Waals surface area contributed by atoms with Gasteiger partial charge in [-0.05, 0) is 29.8 Å². The molecule has 0 saturated carbocycles. The molecule has 8 nitrogen and oxygen atoms in total. The topological polar surface area (TPSA) is 98.9 Å². The number of pyridine rings is 1. The van der Waals surface area contributed by atoms with E-state index in [2.05, 4.69) is 15.5 Å². The molecule has 2 heterocycles. The third-order valence-electron chi connectivity index (χ3n) is 2.75. The highest BCUT2D eigenvalue weighted by atomic mass is 16.7. The fraction of sp³-hybridized carbons (Fsp3) is 0.0769. The quantitative estimate of drug-likeness (QED) is 0.525. The summed E-state index contributed by atoms with van der Waals surface area (Å²) in [7, 11) is 0. The third-order valence-corrected chi connectivity index (χ3v) is 2.75. The molecule has 1 N–H and O–H groups in total. The zero-order valence-corrected chi connectivity index (χ0v) is 10.7. The summed E-state index contributed by atoms with van der Waals surface area (Å²) >= 11 is 0.